The number of halogens is 8. The Morgan fingerprint density at radius 3 is 2.19 bits per heavy atom. The van der Waals surface area contributed by atoms with Crippen molar-refractivity contribution in [3.05, 3.63) is 11.7 Å². The second-order valence-electron chi connectivity index (χ2n) is 7.31. The molecule has 2 aliphatic carbocycles. The first-order chi connectivity index (χ1) is 13.7. The van der Waals surface area contributed by atoms with E-state index in [2.05, 4.69) is 20.3 Å². The zero-order chi connectivity index (χ0) is 22.5. The van der Waals surface area contributed by atoms with Gasteiger partial charge in [-0.25, -0.2) is 22.0 Å². The quantitative estimate of drug-likeness (QED) is 0.551. The zero-order valence-corrected chi connectivity index (χ0v) is 16.9. The van der Waals surface area contributed by atoms with Gasteiger partial charge >= 0.3 is 6.18 Å². The Balaban J connectivity index is 0.00000341. The lowest BCUT2D eigenvalue weighted by Crippen LogP contribution is -2.44. The highest BCUT2D eigenvalue weighted by Crippen LogP contribution is 2.42. The summed E-state index contributed by atoms with van der Waals surface area (Å²) >= 11 is 0. The third-order valence-electron chi connectivity index (χ3n) is 4.80. The minimum Gasteiger partial charge on any atom is -0.380 e. The maximum Gasteiger partial charge on any atom is 0.408 e. The van der Waals surface area contributed by atoms with Crippen LogP contribution >= 0.6 is 13.5 Å². The highest BCUT2D eigenvalue weighted by atomic mass is 32.1. The van der Waals surface area contributed by atoms with Gasteiger partial charge in [-0.1, -0.05) is 0 Å². The predicted octanol–water partition coefficient (Wildman–Crippen LogP) is 4.03. The Labute approximate surface area is 178 Å². The van der Waals surface area contributed by atoms with Crippen molar-refractivity contribution in [2.45, 2.75) is 68.8 Å². The van der Waals surface area contributed by atoms with E-state index in [1.807, 2.05) is 5.32 Å². The second-order valence-corrected chi connectivity index (χ2v) is 7.31. The molecule has 2 unspecified atom stereocenters. The van der Waals surface area contributed by atoms with Crippen LogP contribution in [-0.2, 0) is 0 Å². The molecule has 1 heterocycles. The summed E-state index contributed by atoms with van der Waals surface area (Å²) in [6.07, 6.45) is -10.1. The van der Waals surface area contributed by atoms with Crippen LogP contribution in [0.2, 0.25) is 0 Å². The summed E-state index contributed by atoms with van der Waals surface area (Å²) in [5, 5.41) is 13.9. The van der Waals surface area contributed by atoms with Gasteiger partial charge in [-0.15, -0.1) is 0 Å². The first-order valence-corrected chi connectivity index (χ1v) is 8.86. The second kappa shape index (κ2) is 8.56. The van der Waals surface area contributed by atoms with Gasteiger partial charge in [0, 0.05) is 30.9 Å². The Hall–Kier alpha value is -1.90. The van der Waals surface area contributed by atoms with Crippen molar-refractivity contribution in [2.75, 3.05) is 10.6 Å². The van der Waals surface area contributed by atoms with E-state index in [4.69, 9.17) is 0 Å². The van der Waals surface area contributed by atoms with Gasteiger partial charge in [-0.2, -0.15) is 41.6 Å². The highest BCUT2D eigenvalue weighted by molar-refractivity contribution is 7.59. The predicted molar refractivity (Wildman–Crippen MR) is 99.2 cm³/mol. The molecule has 0 bridgehead atoms. The maximum atomic E-state index is 14.3. The SMILES string of the molecule is CC(Nc1nc(NC2CC(F)(F)C2)nc(C2=C(F)C(O)C(F)(F)CC2)n1)C(F)(F)F.S. The van der Waals surface area contributed by atoms with Gasteiger partial charge in [0.05, 0.1) is 0 Å². The molecule has 0 amide bonds. The molecule has 1 aromatic rings. The molecule has 0 aliphatic heterocycles. The average molecular weight is 481 g/mol. The van der Waals surface area contributed by atoms with Crippen molar-refractivity contribution >= 4 is 31.0 Å². The molecule has 6 nitrogen and oxygen atoms in total. The van der Waals surface area contributed by atoms with Crippen molar-refractivity contribution in [2.24, 2.45) is 0 Å². The summed E-state index contributed by atoms with van der Waals surface area (Å²) in [5.41, 5.74) is -0.527. The van der Waals surface area contributed by atoms with Crippen molar-refractivity contribution in [3.63, 3.8) is 0 Å². The van der Waals surface area contributed by atoms with E-state index < -0.39 is 91.0 Å². The lowest BCUT2D eigenvalue weighted by molar-refractivity contribution is -0.138. The number of allylic oxidation sites excluding steroid dienone is 1. The van der Waals surface area contributed by atoms with E-state index >= 15 is 0 Å². The Kier molecular flexibility index (Phi) is 7.00. The van der Waals surface area contributed by atoms with Crippen LogP contribution in [0.5, 0.6) is 0 Å². The fourth-order valence-electron chi connectivity index (χ4n) is 2.98. The molecule has 176 valence electrons. The molecule has 0 saturated heterocycles. The van der Waals surface area contributed by atoms with Crippen molar-refractivity contribution in [1.29, 1.82) is 0 Å². The molecule has 3 rings (SSSR count). The van der Waals surface area contributed by atoms with Gasteiger partial charge in [-0.05, 0) is 13.3 Å². The summed E-state index contributed by atoms with van der Waals surface area (Å²) in [4.78, 5) is 11.1. The minimum atomic E-state index is -4.69. The number of aromatic nitrogens is 3. The Morgan fingerprint density at radius 2 is 1.65 bits per heavy atom. The third-order valence-corrected chi connectivity index (χ3v) is 4.80. The van der Waals surface area contributed by atoms with E-state index in [0.717, 1.165) is 6.92 Å². The standard InChI is InChI=1S/C16H17F8N5O.H2S/c1-6(16(22,23)24)25-12-27-11(8-2-3-15(20,21)10(30)9(8)17)28-13(29-12)26-7-4-14(18,19)5-7;/h6-7,10,30H,2-5H2,1H3,(H2,25,26,27,28,29);1H2. The molecule has 2 aliphatic rings. The van der Waals surface area contributed by atoms with Gasteiger partial charge in [0.15, 0.2) is 11.9 Å². The highest BCUT2D eigenvalue weighted by Gasteiger charge is 2.47. The van der Waals surface area contributed by atoms with E-state index in [1.54, 1.807) is 0 Å². The zero-order valence-electron chi connectivity index (χ0n) is 15.9. The van der Waals surface area contributed by atoms with Crippen molar-refractivity contribution in [1.82, 2.24) is 15.0 Å². The van der Waals surface area contributed by atoms with Crippen LogP contribution in [0.3, 0.4) is 0 Å². The largest absolute Gasteiger partial charge is 0.408 e. The molecule has 1 aromatic heterocycles. The first kappa shape index (κ1) is 25.4. The minimum absolute atomic E-state index is 0. The van der Waals surface area contributed by atoms with Crippen LogP contribution in [-0.4, -0.2) is 56.3 Å². The van der Waals surface area contributed by atoms with Crippen LogP contribution in [0.25, 0.3) is 5.57 Å². The number of alkyl halides is 7. The van der Waals surface area contributed by atoms with E-state index in [1.165, 1.54) is 0 Å². The Morgan fingerprint density at radius 1 is 1.06 bits per heavy atom. The van der Waals surface area contributed by atoms with Gasteiger partial charge in [0.25, 0.3) is 11.8 Å². The molecule has 31 heavy (non-hydrogen) atoms. The van der Waals surface area contributed by atoms with E-state index in [9.17, 15) is 40.2 Å². The summed E-state index contributed by atoms with van der Waals surface area (Å²) in [5.74, 6) is -9.93. The normalized spacial score (nSPS) is 24.1. The summed E-state index contributed by atoms with van der Waals surface area (Å²) in [7, 11) is 0. The molecular formula is C16H19F8N5OS. The Bertz CT molecular complexity index is 842. The van der Waals surface area contributed by atoms with E-state index in [-0.39, 0.29) is 13.5 Å². The number of aliphatic hydroxyl groups is 1. The van der Waals surface area contributed by atoms with Crippen LogP contribution in [0.4, 0.5) is 47.0 Å². The number of rotatable bonds is 5. The lowest BCUT2D eigenvalue weighted by Gasteiger charge is -2.35. The molecule has 0 aromatic carbocycles. The fraction of sp³-hybridized carbons (Fsp3) is 0.688. The van der Waals surface area contributed by atoms with Crippen molar-refractivity contribution < 1.29 is 40.2 Å². The third kappa shape index (κ3) is 5.67. The van der Waals surface area contributed by atoms with Gasteiger partial charge in [0.2, 0.25) is 11.9 Å². The lowest BCUT2D eigenvalue weighted by atomic mass is 9.88. The number of hydrogen-bond acceptors (Lipinski definition) is 6. The van der Waals surface area contributed by atoms with Gasteiger partial charge < -0.3 is 15.7 Å². The van der Waals surface area contributed by atoms with Crippen LogP contribution < -0.4 is 10.6 Å². The molecular weight excluding hydrogens is 462 g/mol. The molecule has 0 radical (unpaired) electrons. The topological polar surface area (TPSA) is 83.0 Å². The van der Waals surface area contributed by atoms with Gasteiger partial charge in [0.1, 0.15) is 11.9 Å². The average Bonchev–Trinajstić information content (AvgIpc) is 2.57. The van der Waals surface area contributed by atoms with Crippen LogP contribution in [0.15, 0.2) is 5.83 Å². The molecule has 1 saturated carbocycles. The number of hydrogen-bond donors (Lipinski definition) is 3. The molecule has 1 fully saturated rings. The van der Waals surface area contributed by atoms with Crippen molar-refractivity contribution in [3.8, 4) is 0 Å². The number of nitrogens with one attached hydrogen (secondary N) is 2. The number of anilines is 2. The van der Waals surface area contributed by atoms with Gasteiger partial charge in [-0.3, -0.25) is 0 Å². The summed E-state index contributed by atoms with van der Waals surface area (Å²) in [6.45, 7) is 0.758. The van der Waals surface area contributed by atoms with Crippen LogP contribution in [0, 0.1) is 0 Å². The summed E-state index contributed by atoms with van der Waals surface area (Å²) in [6, 6.07) is -2.92. The van der Waals surface area contributed by atoms with E-state index in [0.29, 0.717) is 0 Å². The number of nitrogens with zero attached hydrogens (tertiary/aromatic N) is 3. The molecule has 15 heteroatoms. The summed E-state index contributed by atoms with van der Waals surface area (Å²) < 4.78 is 106. The fourth-order valence-corrected chi connectivity index (χ4v) is 2.98. The molecule has 0 spiro atoms. The first-order valence-electron chi connectivity index (χ1n) is 8.86. The maximum absolute atomic E-state index is 14.3. The molecule has 2 atom stereocenters. The smallest absolute Gasteiger partial charge is 0.380 e. The van der Waals surface area contributed by atoms with Crippen LogP contribution in [0.1, 0.15) is 38.4 Å². The monoisotopic (exact) mass is 481 g/mol. The molecule has 3 N–H and O–H groups in total. The number of aliphatic hydroxyl groups excluding tert-OH is 1.